The van der Waals surface area contributed by atoms with E-state index < -0.39 is 0 Å². The fourth-order valence-corrected chi connectivity index (χ4v) is 1.90. The summed E-state index contributed by atoms with van der Waals surface area (Å²) in [7, 11) is 1.60. The number of ether oxygens (including phenoxy) is 1. The number of rotatable bonds is 5. The van der Waals surface area contributed by atoms with Crippen molar-refractivity contribution in [1.29, 1.82) is 0 Å². The van der Waals surface area contributed by atoms with Gasteiger partial charge >= 0.3 is 0 Å². The number of hydrogen-bond donors (Lipinski definition) is 2. The number of methoxy groups -OCH3 is 1. The molecule has 0 spiro atoms. The molecule has 0 saturated carbocycles. The Balaban J connectivity index is 2.52. The van der Waals surface area contributed by atoms with Crippen LogP contribution in [-0.2, 0) is 11.3 Å². The topological polar surface area (TPSA) is 50.4 Å². The smallest absolute Gasteiger partial charge is 0.234 e. The van der Waals surface area contributed by atoms with Crippen molar-refractivity contribution in [2.24, 2.45) is 0 Å². The van der Waals surface area contributed by atoms with E-state index in [9.17, 15) is 4.79 Å². The number of halogens is 1. The zero-order valence-electron chi connectivity index (χ0n) is 11.8. The highest BCUT2D eigenvalue weighted by atomic mass is 35.5. The molecule has 1 aromatic rings. The summed E-state index contributed by atoms with van der Waals surface area (Å²) in [6, 6.07) is 5.48. The van der Waals surface area contributed by atoms with E-state index in [-0.39, 0.29) is 18.0 Å². The lowest BCUT2D eigenvalue weighted by atomic mass is 10.1. The summed E-state index contributed by atoms with van der Waals surface area (Å²) in [5, 5.41) is 6.57. The Kier molecular flexibility index (Phi) is 5.63. The average Bonchev–Trinajstić information content (AvgIpc) is 2.28. The van der Waals surface area contributed by atoms with Crippen molar-refractivity contribution < 1.29 is 9.53 Å². The summed E-state index contributed by atoms with van der Waals surface area (Å²) in [6.45, 7) is 6.57. The highest BCUT2D eigenvalue weighted by Crippen LogP contribution is 2.25. The van der Waals surface area contributed by atoms with Gasteiger partial charge in [-0.2, -0.15) is 0 Å². The van der Waals surface area contributed by atoms with Gasteiger partial charge in [0.15, 0.2) is 0 Å². The summed E-state index contributed by atoms with van der Waals surface area (Å²) < 4.78 is 5.24. The fourth-order valence-electron chi connectivity index (χ4n) is 1.67. The van der Waals surface area contributed by atoms with Crippen molar-refractivity contribution in [3.05, 3.63) is 28.8 Å². The van der Waals surface area contributed by atoms with Crippen LogP contribution in [0.4, 0.5) is 0 Å². The van der Waals surface area contributed by atoms with Gasteiger partial charge in [-0.3, -0.25) is 4.79 Å². The monoisotopic (exact) mass is 284 g/mol. The molecule has 0 atom stereocenters. The van der Waals surface area contributed by atoms with Crippen LogP contribution in [0.1, 0.15) is 26.3 Å². The molecule has 1 rings (SSSR count). The summed E-state index contributed by atoms with van der Waals surface area (Å²) >= 11 is 6.11. The summed E-state index contributed by atoms with van der Waals surface area (Å²) in [6.07, 6.45) is 0. The highest BCUT2D eigenvalue weighted by molar-refractivity contribution is 6.31. The van der Waals surface area contributed by atoms with Crippen LogP contribution < -0.4 is 15.4 Å². The Morgan fingerprint density at radius 3 is 2.63 bits per heavy atom. The highest BCUT2D eigenvalue weighted by Gasteiger charge is 2.13. The molecule has 0 unspecified atom stereocenters. The molecule has 0 aliphatic carbocycles. The van der Waals surface area contributed by atoms with E-state index in [0.717, 1.165) is 11.3 Å². The van der Waals surface area contributed by atoms with Gasteiger partial charge in [0.2, 0.25) is 5.91 Å². The number of hydrogen-bond acceptors (Lipinski definition) is 3. The normalized spacial score (nSPS) is 11.2. The SMILES string of the molecule is COc1cccc(Cl)c1CNCC(=O)NC(C)(C)C. The molecule has 0 aromatic heterocycles. The van der Waals surface area contributed by atoms with Crippen LogP contribution >= 0.6 is 11.6 Å². The van der Waals surface area contributed by atoms with Crippen molar-refractivity contribution in [3.8, 4) is 5.75 Å². The third-order valence-electron chi connectivity index (χ3n) is 2.40. The first-order valence-electron chi connectivity index (χ1n) is 6.16. The zero-order chi connectivity index (χ0) is 14.5. The van der Waals surface area contributed by atoms with Crippen molar-refractivity contribution in [2.45, 2.75) is 32.9 Å². The van der Waals surface area contributed by atoms with E-state index in [0.29, 0.717) is 11.6 Å². The molecular weight excluding hydrogens is 264 g/mol. The molecular formula is C14H21ClN2O2. The third-order valence-corrected chi connectivity index (χ3v) is 2.75. The van der Waals surface area contributed by atoms with E-state index in [2.05, 4.69) is 10.6 Å². The Morgan fingerprint density at radius 2 is 2.05 bits per heavy atom. The van der Waals surface area contributed by atoms with Gasteiger partial charge in [-0.25, -0.2) is 0 Å². The second-order valence-corrected chi connectivity index (χ2v) is 5.73. The predicted molar refractivity (Wildman–Crippen MR) is 77.6 cm³/mol. The first kappa shape index (κ1) is 15.8. The Hall–Kier alpha value is -1.26. The van der Waals surface area contributed by atoms with E-state index >= 15 is 0 Å². The minimum absolute atomic E-state index is 0.0430. The Bertz CT molecular complexity index is 442. The molecule has 0 bridgehead atoms. The van der Waals surface area contributed by atoms with Gasteiger partial charge in [0, 0.05) is 22.7 Å². The molecule has 106 valence electrons. The minimum atomic E-state index is -0.221. The molecule has 19 heavy (non-hydrogen) atoms. The van der Waals surface area contributed by atoms with Crippen molar-refractivity contribution >= 4 is 17.5 Å². The van der Waals surface area contributed by atoms with E-state index in [1.54, 1.807) is 13.2 Å². The molecule has 0 saturated heterocycles. The number of carbonyl (C=O) groups is 1. The van der Waals surface area contributed by atoms with Crippen molar-refractivity contribution in [3.63, 3.8) is 0 Å². The molecule has 0 aliphatic heterocycles. The van der Waals surface area contributed by atoms with Crippen LogP contribution in [0.3, 0.4) is 0 Å². The lowest BCUT2D eigenvalue weighted by Crippen LogP contribution is -2.44. The molecule has 5 heteroatoms. The van der Waals surface area contributed by atoms with E-state index in [1.807, 2.05) is 32.9 Å². The van der Waals surface area contributed by atoms with Gasteiger partial charge in [0.1, 0.15) is 5.75 Å². The fraction of sp³-hybridized carbons (Fsp3) is 0.500. The van der Waals surface area contributed by atoms with Gasteiger partial charge < -0.3 is 15.4 Å². The molecule has 1 amide bonds. The van der Waals surface area contributed by atoms with Crippen LogP contribution in [0.5, 0.6) is 5.75 Å². The van der Waals surface area contributed by atoms with Crippen LogP contribution in [0.15, 0.2) is 18.2 Å². The first-order chi connectivity index (χ1) is 8.83. The lowest BCUT2D eigenvalue weighted by molar-refractivity contribution is -0.121. The standard InChI is InChI=1S/C14H21ClN2O2/c1-14(2,3)17-13(18)9-16-8-10-11(15)6-5-7-12(10)19-4/h5-7,16H,8-9H2,1-4H3,(H,17,18). The van der Waals surface area contributed by atoms with Crippen LogP contribution in [-0.4, -0.2) is 25.1 Å². The second kappa shape index (κ2) is 6.78. The number of amides is 1. The van der Waals surface area contributed by atoms with Gasteiger partial charge in [-0.15, -0.1) is 0 Å². The van der Waals surface area contributed by atoms with Gasteiger partial charge in [-0.1, -0.05) is 17.7 Å². The molecule has 1 aromatic carbocycles. The van der Waals surface area contributed by atoms with E-state index in [1.165, 1.54) is 0 Å². The maximum atomic E-state index is 11.7. The molecule has 0 heterocycles. The van der Waals surface area contributed by atoms with Crippen LogP contribution in [0, 0.1) is 0 Å². The lowest BCUT2D eigenvalue weighted by Gasteiger charge is -2.20. The Labute approximate surface area is 119 Å². The minimum Gasteiger partial charge on any atom is -0.496 e. The van der Waals surface area contributed by atoms with E-state index in [4.69, 9.17) is 16.3 Å². The Morgan fingerprint density at radius 1 is 1.37 bits per heavy atom. The van der Waals surface area contributed by atoms with Gasteiger partial charge in [-0.05, 0) is 32.9 Å². The first-order valence-corrected chi connectivity index (χ1v) is 6.54. The average molecular weight is 285 g/mol. The molecule has 2 N–H and O–H groups in total. The number of carbonyl (C=O) groups excluding carboxylic acids is 1. The second-order valence-electron chi connectivity index (χ2n) is 5.32. The van der Waals surface area contributed by atoms with Gasteiger partial charge in [0.05, 0.1) is 13.7 Å². The third kappa shape index (κ3) is 5.49. The zero-order valence-corrected chi connectivity index (χ0v) is 12.6. The van der Waals surface area contributed by atoms with Crippen LogP contribution in [0.25, 0.3) is 0 Å². The summed E-state index contributed by atoms with van der Waals surface area (Å²) in [5.74, 6) is 0.676. The predicted octanol–water partition coefficient (Wildman–Crippen LogP) is 2.35. The van der Waals surface area contributed by atoms with Crippen molar-refractivity contribution in [1.82, 2.24) is 10.6 Å². The summed E-state index contributed by atoms with van der Waals surface area (Å²) in [4.78, 5) is 11.7. The number of benzene rings is 1. The van der Waals surface area contributed by atoms with Gasteiger partial charge in [0.25, 0.3) is 0 Å². The molecule has 0 aliphatic rings. The summed E-state index contributed by atoms with van der Waals surface area (Å²) in [5.41, 5.74) is 0.635. The maximum Gasteiger partial charge on any atom is 0.234 e. The quantitative estimate of drug-likeness (QED) is 0.873. The molecule has 0 fully saturated rings. The maximum absolute atomic E-state index is 11.7. The molecule has 4 nitrogen and oxygen atoms in total. The largest absolute Gasteiger partial charge is 0.496 e. The van der Waals surface area contributed by atoms with Crippen LogP contribution in [0.2, 0.25) is 5.02 Å². The van der Waals surface area contributed by atoms with Crippen molar-refractivity contribution in [2.75, 3.05) is 13.7 Å². The number of nitrogens with one attached hydrogen (secondary N) is 2. The molecule has 0 radical (unpaired) electrons.